The molecule has 1 aromatic rings. The molecule has 1 aromatic carbocycles. The summed E-state index contributed by atoms with van der Waals surface area (Å²) in [5, 5.41) is 14.3. The predicted molar refractivity (Wildman–Crippen MR) is 151 cm³/mol. The van der Waals surface area contributed by atoms with Crippen molar-refractivity contribution in [2.45, 2.75) is 102 Å². The van der Waals surface area contributed by atoms with Crippen LogP contribution in [0.15, 0.2) is 42.5 Å². The fourth-order valence-electron chi connectivity index (χ4n) is 5.64. The highest BCUT2D eigenvalue weighted by molar-refractivity contribution is 5.69. The van der Waals surface area contributed by atoms with Crippen LogP contribution in [0.4, 0.5) is 9.59 Å². The molecule has 222 valence electrons. The Morgan fingerprint density at radius 3 is 2.67 bits per heavy atom. The smallest absolute Gasteiger partial charge is 0.410 e. The first-order chi connectivity index (χ1) is 19.5. The molecule has 2 fully saturated rings. The summed E-state index contributed by atoms with van der Waals surface area (Å²) < 4.78 is 22.5. The lowest BCUT2D eigenvalue weighted by Gasteiger charge is -2.33. The molecule has 0 spiro atoms. The molecule has 6 atom stereocenters. The van der Waals surface area contributed by atoms with Gasteiger partial charge in [0.1, 0.15) is 6.10 Å². The Morgan fingerprint density at radius 1 is 1.07 bits per heavy atom. The summed E-state index contributed by atoms with van der Waals surface area (Å²) in [6.45, 7) is 3.23. The Kier molecular flexibility index (Phi) is 12.1. The average molecular weight is 559 g/mol. The maximum absolute atomic E-state index is 13.2. The molecule has 3 heterocycles. The van der Waals surface area contributed by atoms with Gasteiger partial charge in [0.25, 0.3) is 0 Å². The minimum atomic E-state index is -1.05. The van der Waals surface area contributed by atoms with Crippen molar-refractivity contribution in [1.29, 1.82) is 0 Å². The standard InChI is InChI=1S/C31H46N2O7/c1-23-14-10-7-5-3-2-4-6-8-13-18-38-31(36)33(23)21-27(34)26(20-24-15-11-9-12-16-24)32-30(35)40-28-22-39-29-25(28)17-19-37-29/h7,9-12,15-16,23,25-29,34H,2-6,8,13-14,17-22H2,1H3,(H,32,35)/b10-7-/t23?,25-,26-,27+,28-,29+/m0/s1. The van der Waals surface area contributed by atoms with E-state index in [9.17, 15) is 14.7 Å². The number of carbonyl (C=O) groups excluding carboxylic acids is 2. The molecular weight excluding hydrogens is 512 g/mol. The minimum absolute atomic E-state index is 0.0204. The van der Waals surface area contributed by atoms with Crippen LogP contribution in [-0.4, -0.2) is 79.1 Å². The molecule has 1 unspecified atom stereocenters. The van der Waals surface area contributed by atoms with Crippen LogP contribution < -0.4 is 5.32 Å². The van der Waals surface area contributed by atoms with Crippen molar-refractivity contribution >= 4 is 12.2 Å². The average Bonchev–Trinajstić information content (AvgIpc) is 3.57. The van der Waals surface area contributed by atoms with Gasteiger partial charge >= 0.3 is 12.2 Å². The number of aliphatic hydroxyl groups excluding tert-OH is 1. The quantitative estimate of drug-likeness (QED) is 0.456. The Bertz CT molecular complexity index is 943. The Labute approximate surface area is 238 Å². The Hall–Kier alpha value is -2.62. The van der Waals surface area contributed by atoms with Crippen molar-refractivity contribution < 1.29 is 33.6 Å². The van der Waals surface area contributed by atoms with Crippen molar-refractivity contribution in [2.24, 2.45) is 5.92 Å². The molecule has 40 heavy (non-hydrogen) atoms. The molecule has 3 aliphatic heterocycles. The lowest BCUT2D eigenvalue weighted by Crippen LogP contribution is -2.53. The van der Waals surface area contributed by atoms with Crippen molar-refractivity contribution in [3.8, 4) is 0 Å². The van der Waals surface area contributed by atoms with Crippen LogP contribution >= 0.6 is 0 Å². The largest absolute Gasteiger partial charge is 0.449 e. The first-order valence-electron chi connectivity index (χ1n) is 15.0. The van der Waals surface area contributed by atoms with Crippen molar-refractivity contribution in [2.75, 3.05) is 26.4 Å². The maximum Gasteiger partial charge on any atom is 0.410 e. The van der Waals surface area contributed by atoms with Crippen LogP contribution in [0, 0.1) is 5.92 Å². The number of fused-ring (bicyclic) bond motifs is 1. The summed E-state index contributed by atoms with van der Waals surface area (Å²) in [6.07, 6.45) is 10.9. The summed E-state index contributed by atoms with van der Waals surface area (Å²) in [5.74, 6) is 0.0204. The van der Waals surface area contributed by atoms with Gasteiger partial charge in [-0.15, -0.1) is 0 Å². The van der Waals surface area contributed by atoms with E-state index in [0.29, 0.717) is 32.7 Å². The molecule has 4 rings (SSSR count). The number of hydrogen-bond acceptors (Lipinski definition) is 7. The molecule has 2 amide bonds. The molecular formula is C31H46N2O7. The molecule has 2 N–H and O–H groups in total. The third kappa shape index (κ3) is 9.21. The highest BCUT2D eigenvalue weighted by Crippen LogP contribution is 2.33. The summed E-state index contributed by atoms with van der Waals surface area (Å²) in [4.78, 5) is 27.8. The third-order valence-corrected chi connectivity index (χ3v) is 8.09. The fraction of sp³-hybridized carbons (Fsp3) is 0.677. The number of nitrogens with one attached hydrogen (secondary N) is 1. The topological polar surface area (TPSA) is 107 Å². The number of benzene rings is 1. The fourth-order valence-corrected chi connectivity index (χ4v) is 5.64. The number of ether oxygens (including phenoxy) is 4. The number of β-amino-alcohol motifs (C(OH)–C–C–N with tert-alkyl or cyclic N) is 1. The minimum Gasteiger partial charge on any atom is -0.449 e. The van der Waals surface area contributed by atoms with E-state index >= 15 is 0 Å². The van der Waals surface area contributed by atoms with E-state index in [-0.39, 0.29) is 24.8 Å². The van der Waals surface area contributed by atoms with Gasteiger partial charge in [0.2, 0.25) is 0 Å². The summed E-state index contributed by atoms with van der Waals surface area (Å²) in [5.41, 5.74) is 0.955. The third-order valence-electron chi connectivity index (χ3n) is 8.09. The van der Waals surface area contributed by atoms with Gasteiger partial charge in [-0.05, 0) is 51.0 Å². The van der Waals surface area contributed by atoms with Gasteiger partial charge in [0.05, 0.1) is 44.4 Å². The van der Waals surface area contributed by atoms with E-state index in [1.807, 2.05) is 37.3 Å². The maximum atomic E-state index is 13.2. The van der Waals surface area contributed by atoms with Crippen LogP contribution in [0.5, 0.6) is 0 Å². The highest BCUT2D eigenvalue weighted by Gasteiger charge is 2.44. The van der Waals surface area contributed by atoms with Gasteiger partial charge < -0.3 is 34.3 Å². The monoisotopic (exact) mass is 558 g/mol. The first-order valence-corrected chi connectivity index (χ1v) is 15.0. The zero-order chi connectivity index (χ0) is 28.2. The van der Waals surface area contributed by atoms with E-state index in [2.05, 4.69) is 17.5 Å². The van der Waals surface area contributed by atoms with Crippen LogP contribution in [0.25, 0.3) is 0 Å². The molecule has 2 saturated heterocycles. The molecule has 0 aliphatic carbocycles. The molecule has 0 radical (unpaired) electrons. The van der Waals surface area contributed by atoms with Gasteiger partial charge in [0.15, 0.2) is 6.29 Å². The lowest BCUT2D eigenvalue weighted by atomic mass is 10.00. The number of nitrogens with zero attached hydrogens (tertiary/aromatic N) is 1. The number of allylic oxidation sites excluding steroid dienone is 1. The summed E-state index contributed by atoms with van der Waals surface area (Å²) in [6, 6.07) is 8.80. The molecule has 0 aromatic heterocycles. The number of aliphatic hydroxyl groups is 1. The highest BCUT2D eigenvalue weighted by atomic mass is 16.7. The SMILES string of the molecule is CC1C/C=C\CCCCCCCCOC(=O)N1C[C@@H](O)[C@H](Cc1ccccc1)NC(=O)O[C@H]1CO[C@H]2OCC[C@H]21. The number of cyclic esters (lactones) is 1. The normalized spacial score (nSPS) is 28.9. The second-order valence-electron chi connectivity index (χ2n) is 11.2. The van der Waals surface area contributed by atoms with E-state index < -0.39 is 30.4 Å². The van der Waals surface area contributed by atoms with Crippen LogP contribution in [0.2, 0.25) is 0 Å². The summed E-state index contributed by atoms with van der Waals surface area (Å²) in [7, 11) is 0. The first kappa shape index (κ1) is 30.3. The molecule has 9 nitrogen and oxygen atoms in total. The van der Waals surface area contributed by atoms with Gasteiger partial charge in [0, 0.05) is 6.04 Å². The van der Waals surface area contributed by atoms with Crippen LogP contribution in [0.1, 0.15) is 70.3 Å². The van der Waals surface area contributed by atoms with Gasteiger partial charge in [-0.3, -0.25) is 0 Å². The number of rotatable bonds is 7. The van der Waals surface area contributed by atoms with Crippen LogP contribution in [0.3, 0.4) is 0 Å². The molecule has 0 bridgehead atoms. The van der Waals surface area contributed by atoms with E-state index in [1.165, 1.54) is 19.3 Å². The van der Waals surface area contributed by atoms with Gasteiger partial charge in [-0.25, -0.2) is 9.59 Å². The lowest BCUT2D eigenvalue weighted by molar-refractivity contribution is -0.0907. The molecule has 0 saturated carbocycles. The number of carbonyl (C=O) groups is 2. The van der Waals surface area contributed by atoms with Crippen molar-refractivity contribution in [3.05, 3.63) is 48.0 Å². The van der Waals surface area contributed by atoms with E-state index in [4.69, 9.17) is 18.9 Å². The zero-order valence-corrected chi connectivity index (χ0v) is 23.7. The van der Waals surface area contributed by atoms with E-state index in [1.54, 1.807) is 4.90 Å². The zero-order valence-electron chi connectivity index (χ0n) is 23.7. The van der Waals surface area contributed by atoms with E-state index in [0.717, 1.165) is 37.7 Å². The van der Waals surface area contributed by atoms with Crippen molar-refractivity contribution in [3.63, 3.8) is 0 Å². The predicted octanol–water partition coefficient (Wildman–Crippen LogP) is 4.96. The van der Waals surface area contributed by atoms with Gasteiger partial charge in [-0.2, -0.15) is 0 Å². The van der Waals surface area contributed by atoms with Crippen LogP contribution in [-0.2, 0) is 25.4 Å². The molecule has 9 heteroatoms. The van der Waals surface area contributed by atoms with Crippen molar-refractivity contribution in [1.82, 2.24) is 10.2 Å². The Balaban J connectivity index is 1.42. The number of alkyl carbamates (subject to hydrolysis) is 1. The molecule has 3 aliphatic rings. The second kappa shape index (κ2) is 16.0. The summed E-state index contributed by atoms with van der Waals surface area (Å²) >= 11 is 0. The second-order valence-corrected chi connectivity index (χ2v) is 11.2. The number of hydrogen-bond donors (Lipinski definition) is 2. The van der Waals surface area contributed by atoms with Gasteiger partial charge in [-0.1, -0.05) is 68.2 Å². The Morgan fingerprint density at radius 2 is 1.85 bits per heavy atom. The number of amides is 2.